The lowest BCUT2D eigenvalue weighted by atomic mass is 10.1. The fraction of sp³-hybridized carbons (Fsp3) is 0.565. The number of nitrogens with zero attached hydrogens (tertiary/aromatic N) is 5. The van der Waals surface area contributed by atoms with E-state index >= 15 is 0 Å². The van der Waals surface area contributed by atoms with Gasteiger partial charge in [0, 0.05) is 62.1 Å². The van der Waals surface area contributed by atoms with Crippen molar-refractivity contribution in [3.63, 3.8) is 0 Å². The van der Waals surface area contributed by atoms with Crippen LogP contribution in [0.1, 0.15) is 22.5 Å². The number of carbonyl (C=O) groups is 1. The Morgan fingerprint density at radius 2 is 1.71 bits per heavy atom. The first kappa shape index (κ1) is 22.3. The van der Waals surface area contributed by atoms with E-state index in [0.29, 0.717) is 13.1 Å². The number of aryl methyl sites for hydroxylation is 1. The van der Waals surface area contributed by atoms with Gasteiger partial charge in [0.2, 0.25) is 5.91 Å². The van der Waals surface area contributed by atoms with Gasteiger partial charge in [-0.1, -0.05) is 29.8 Å². The smallest absolute Gasteiger partial charge is 0.236 e. The van der Waals surface area contributed by atoms with Crippen LogP contribution in [-0.2, 0) is 22.6 Å². The van der Waals surface area contributed by atoms with E-state index in [1.54, 1.807) is 0 Å². The highest BCUT2D eigenvalue weighted by Gasteiger charge is 2.25. The number of carbonyl (C=O) groups excluding carboxylic acids is 1. The number of morpholine rings is 1. The lowest BCUT2D eigenvalue weighted by Gasteiger charge is -2.36. The van der Waals surface area contributed by atoms with Crippen LogP contribution < -0.4 is 0 Å². The molecule has 0 bridgehead atoms. The maximum atomic E-state index is 12.6. The Morgan fingerprint density at radius 3 is 2.42 bits per heavy atom. The minimum Gasteiger partial charge on any atom is -0.379 e. The van der Waals surface area contributed by atoms with E-state index in [1.165, 1.54) is 11.3 Å². The van der Waals surface area contributed by atoms with Crippen LogP contribution in [-0.4, -0.2) is 89.4 Å². The predicted octanol–water partition coefficient (Wildman–Crippen LogP) is 2.18. The third kappa shape index (κ3) is 5.47. The topological polar surface area (TPSA) is 53.8 Å². The molecule has 31 heavy (non-hydrogen) atoms. The number of piperazine rings is 1. The Bertz CT molecular complexity index is 901. The summed E-state index contributed by atoms with van der Waals surface area (Å²) in [6.45, 7) is 12.8. The van der Waals surface area contributed by atoms with Gasteiger partial charge >= 0.3 is 0 Å². The summed E-state index contributed by atoms with van der Waals surface area (Å²) >= 11 is 6.34. The van der Waals surface area contributed by atoms with Gasteiger partial charge in [-0.3, -0.25) is 19.3 Å². The molecule has 2 fully saturated rings. The summed E-state index contributed by atoms with van der Waals surface area (Å²) in [5.41, 5.74) is 4.60. The molecule has 0 aliphatic carbocycles. The molecule has 0 radical (unpaired) electrons. The highest BCUT2D eigenvalue weighted by atomic mass is 35.5. The Kier molecular flexibility index (Phi) is 7.27. The summed E-state index contributed by atoms with van der Waals surface area (Å²) in [5.74, 6) is 0.237. The van der Waals surface area contributed by atoms with Gasteiger partial charge in [0.25, 0.3) is 0 Å². The molecule has 4 rings (SSSR count). The van der Waals surface area contributed by atoms with Crippen LogP contribution in [0.4, 0.5) is 0 Å². The van der Waals surface area contributed by atoms with Gasteiger partial charge in [0.1, 0.15) is 0 Å². The number of aromatic nitrogens is 2. The second-order valence-electron chi connectivity index (χ2n) is 8.44. The maximum Gasteiger partial charge on any atom is 0.236 e. The first-order valence-electron chi connectivity index (χ1n) is 11.1. The van der Waals surface area contributed by atoms with E-state index in [4.69, 9.17) is 21.4 Å². The molecule has 0 spiro atoms. The third-order valence-electron chi connectivity index (χ3n) is 6.38. The number of hydrogen-bond acceptors (Lipinski definition) is 5. The standard InChI is InChI=1S/C23H32ClN5O2/c1-18-21(19(2)29(25-18)15-20-5-3-4-6-22(20)24)16-26-7-9-28(10-8-26)23(30)17-27-11-13-31-14-12-27/h3-6H,7-17H2,1-2H3. The number of ether oxygens (including phenoxy) is 1. The highest BCUT2D eigenvalue weighted by Crippen LogP contribution is 2.21. The van der Waals surface area contributed by atoms with Crippen molar-refractivity contribution in [2.75, 3.05) is 59.0 Å². The van der Waals surface area contributed by atoms with Crippen molar-refractivity contribution in [1.29, 1.82) is 0 Å². The number of amides is 1. The molecular weight excluding hydrogens is 414 g/mol. The first-order valence-corrected chi connectivity index (χ1v) is 11.5. The summed E-state index contributed by atoms with van der Waals surface area (Å²) in [6, 6.07) is 7.92. The zero-order valence-electron chi connectivity index (χ0n) is 18.5. The quantitative estimate of drug-likeness (QED) is 0.682. The SMILES string of the molecule is Cc1nn(Cc2ccccc2Cl)c(C)c1CN1CCN(C(=O)CN2CCOCC2)CC1. The fourth-order valence-corrected chi connectivity index (χ4v) is 4.53. The lowest BCUT2D eigenvalue weighted by molar-refractivity contribution is -0.135. The summed E-state index contributed by atoms with van der Waals surface area (Å²) in [5, 5.41) is 5.54. The second kappa shape index (κ2) is 10.1. The van der Waals surface area contributed by atoms with Crippen LogP contribution in [0.5, 0.6) is 0 Å². The van der Waals surface area contributed by atoms with Crippen LogP contribution in [0.25, 0.3) is 0 Å². The molecule has 2 aliphatic rings. The molecule has 0 unspecified atom stereocenters. The zero-order valence-corrected chi connectivity index (χ0v) is 19.3. The summed E-state index contributed by atoms with van der Waals surface area (Å²) in [6.07, 6.45) is 0. The van der Waals surface area contributed by atoms with Crippen LogP contribution in [0.15, 0.2) is 24.3 Å². The molecule has 8 heteroatoms. The first-order chi connectivity index (χ1) is 15.0. The van der Waals surface area contributed by atoms with E-state index in [-0.39, 0.29) is 5.91 Å². The minimum atomic E-state index is 0.237. The van der Waals surface area contributed by atoms with Crippen molar-refractivity contribution in [1.82, 2.24) is 24.5 Å². The van der Waals surface area contributed by atoms with Crippen molar-refractivity contribution in [3.05, 3.63) is 51.8 Å². The van der Waals surface area contributed by atoms with E-state index in [9.17, 15) is 4.79 Å². The van der Waals surface area contributed by atoms with Gasteiger partial charge in [-0.05, 0) is 25.5 Å². The maximum absolute atomic E-state index is 12.6. The van der Waals surface area contributed by atoms with E-state index < -0.39 is 0 Å². The van der Waals surface area contributed by atoms with E-state index in [1.807, 2.05) is 33.8 Å². The van der Waals surface area contributed by atoms with E-state index in [0.717, 1.165) is 75.3 Å². The molecule has 3 heterocycles. The Hall–Kier alpha value is -1.93. The lowest BCUT2D eigenvalue weighted by Crippen LogP contribution is -2.52. The molecule has 168 valence electrons. The largest absolute Gasteiger partial charge is 0.379 e. The van der Waals surface area contributed by atoms with Crippen LogP contribution in [0.3, 0.4) is 0 Å². The average molecular weight is 446 g/mol. The number of halogens is 1. The molecule has 2 aliphatic heterocycles. The van der Waals surface area contributed by atoms with Crippen molar-refractivity contribution < 1.29 is 9.53 Å². The molecule has 2 saturated heterocycles. The molecule has 2 aromatic rings. The number of hydrogen-bond donors (Lipinski definition) is 0. The Balaban J connectivity index is 1.32. The van der Waals surface area contributed by atoms with Gasteiger partial charge in [-0.25, -0.2) is 0 Å². The minimum absolute atomic E-state index is 0.237. The van der Waals surface area contributed by atoms with Crippen molar-refractivity contribution in [3.8, 4) is 0 Å². The summed E-state index contributed by atoms with van der Waals surface area (Å²) in [4.78, 5) is 19.3. The molecular formula is C23H32ClN5O2. The molecule has 7 nitrogen and oxygen atoms in total. The number of benzene rings is 1. The normalized spacial score (nSPS) is 18.5. The molecule has 0 saturated carbocycles. The highest BCUT2D eigenvalue weighted by molar-refractivity contribution is 6.31. The Labute approximate surface area is 189 Å². The molecule has 0 N–H and O–H groups in total. The van der Waals surface area contributed by atoms with Gasteiger partial charge in [0.05, 0.1) is 32.0 Å². The monoisotopic (exact) mass is 445 g/mol. The third-order valence-corrected chi connectivity index (χ3v) is 6.75. The van der Waals surface area contributed by atoms with E-state index in [2.05, 4.69) is 23.6 Å². The van der Waals surface area contributed by atoms with Gasteiger partial charge in [-0.15, -0.1) is 0 Å². The van der Waals surface area contributed by atoms with Gasteiger partial charge in [-0.2, -0.15) is 5.10 Å². The summed E-state index contributed by atoms with van der Waals surface area (Å²) < 4.78 is 7.42. The van der Waals surface area contributed by atoms with Gasteiger partial charge < -0.3 is 9.64 Å². The average Bonchev–Trinajstić information content (AvgIpc) is 3.04. The zero-order chi connectivity index (χ0) is 21.8. The van der Waals surface area contributed by atoms with Crippen LogP contribution in [0.2, 0.25) is 5.02 Å². The molecule has 0 atom stereocenters. The molecule has 1 aromatic heterocycles. The fourth-order valence-electron chi connectivity index (χ4n) is 4.33. The van der Waals surface area contributed by atoms with Crippen LogP contribution in [0, 0.1) is 13.8 Å². The van der Waals surface area contributed by atoms with Crippen molar-refractivity contribution in [2.24, 2.45) is 0 Å². The molecule has 1 aromatic carbocycles. The number of rotatable bonds is 6. The molecule has 1 amide bonds. The van der Waals surface area contributed by atoms with Crippen molar-refractivity contribution in [2.45, 2.75) is 26.9 Å². The Morgan fingerprint density at radius 1 is 1.00 bits per heavy atom. The van der Waals surface area contributed by atoms with Crippen molar-refractivity contribution >= 4 is 17.5 Å². The van der Waals surface area contributed by atoms with Crippen LogP contribution >= 0.6 is 11.6 Å². The summed E-state index contributed by atoms with van der Waals surface area (Å²) in [7, 11) is 0. The second-order valence-corrected chi connectivity index (χ2v) is 8.85. The predicted molar refractivity (Wildman–Crippen MR) is 121 cm³/mol. The van der Waals surface area contributed by atoms with Gasteiger partial charge in [0.15, 0.2) is 0 Å².